The molecule has 1 saturated carbocycles. The molecule has 3 fully saturated rings. The summed E-state index contributed by atoms with van der Waals surface area (Å²) in [4.78, 5) is 23.0. The molecule has 1 aliphatic carbocycles. The number of morpholine rings is 1. The quantitative estimate of drug-likeness (QED) is 0.350. The molecule has 36 heavy (non-hydrogen) atoms. The molecule has 4 aromatic heterocycles. The molecule has 2 aliphatic heterocycles. The first-order valence-electron chi connectivity index (χ1n) is 13.0. The van der Waals surface area contributed by atoms with Crippen LogP contribution in [-0.4, -0.2) is 56.3 Å². The largest absolute Gasteiger partial charge is 0.370 e. The second-order valence-electron chi connectivity index (χ2n) is 10.3. The van der Waals surface area contributed by atoms with Gasteiger partial charge in [-0.15, -0.1) is 0 Å². The van der Waals surface area contributed by atoms with Crippen LogP contribution in [0, 0.1) is 0 Å². The number of rotatable bonds is 4. The molecular formula is C28H27N7O. The lowest BCUT2D eigenvalue weighted by Gasteiger charge is -2.28. The zero-order chi connectivity index (χ0) is 23.6. The van der Waals surface area contributed by atoms with Crippen LogP contribution in [0.5, 0.6) is 0 Å². The minimum atomic E-state index is 0.146. The molecule has 8 nitrogen and oxygen atoms in total. The average molecular weight is 478 g/mol. The maximum atomic E-state index is 6.22. The van der Waals surface area contributed by atoms with E-state index in [0.717, 1.165) is 63.7 Å². The number of ether oxygens (including phenoxy) is 1. The Morgan fingerprint density at radius 3 is 2.83 bits per heavy atom. The first-order chi connectivity index (χ1) is 17.8. The molecule has 0 radical (unpaired) electrons. The molecule has 2 bridgehead atoms. The van der Waals surface area contributed by atoms with Crippen molar-refractivity contribution in [3.8, 4) is 11.4 Å². The van der Waals surface area contributed by atoms with E-state index in [1.807, 2.05) is 30.7 Å². The molecule has 5 aromatic rings. The fourth-order valence-electron chi connectivity index (χ4n) is 6.18. The highest BCUT2D eigenvalue weighted by Gasteiger charge is 2.38. The van der Waals surface area contributed by atoms with Gasteiger partial charge in [0.2, 0.25) is 0 Å². The maximum absolute atomic E-state index is 6.22. The molecule has 3 unspecified atom stereocenters. The zero-order valence-electron chi connectivity index (χ0n) is 19.9. The number of benzene rings is 1. The monoisotopic (exact) mass is 477 g/mol. The Balaban J connectivity index is 1.34. The lowest BCUT2D eigenvalue weighted by molar-refractivity contribution is 0.0165. The minimum Gasteiger partial charge on any atom is -0.370 e. The lowest BCUT2D eigenvalue weighted by atomic mass is 9.79. The molecular weight excluding hydrogens is 450 g/mol. The van der Waals surface area contributed by atoms with Crippen LogP contribution in [0.3, 0.4) is 0 Å². The molecule has 8 heteroatoms. The van der Waals surface area contributed by atoms with Crippen LogP contribution in [-0.2, 0) is 4.74 Å². The smallest absolute Gasteiger partial charge is 0.163 e. The van der Waals surface area contributed by atoms with Crippen molar-refractivity contribution in [2.45, 2.75) is 49.9 Å². The van der Waals surface area contributed by atoms with E-state index in [0.29, 0.717) is 11.7 Å². The number of fused-ring (bicyclic) bond motifs is 6. The van der Waals surface area contributed by atoms with Crippen molar-refractivity contribution in [1.82, 2.24) is 30.2 Å². The topological polar surface area (TPSA) is 101 Å². The van der Waals surface area contributed by atoms with Crippen LogP contribution < -0.4 is 10.6 Å². The van der Waals surface area contributed by atoms with Gasteiger partial charge in [-0.3, -0.25) is 4.98 Å². The highest BCUT2D eigenvalue weighted by Crippen LogP contribution is 2.42. The third-order valence-corrected chi connectivity index (χ3v) is 8.19. The second-order valence-corrected chi connectivity index (χ2v) is 10.3. The Labute approximate surface area is 207 Å². The summed E-state index contributed by atoms with van der Waals surface area (Å²) in [5.41, 5.74) is 5.02. The number of anilines is 1. The van der Waals surface area contributed by atoms with Crippen LogP contribution in [0.2, 0.25) is 0 Å². The molecule has 0 spiro atoms. The Hall–Kier alpha value is -3.62. The SMILES string of the molecule is c1ccc2c(c1)[nH]c1nccc(-c3nc(NC4CC5CNCC4O5)c4c(C5CCC5)cncc4n3)c12. The molecule has 8 rings (SSSR count). The summed E-state index contributed by atoms with van der Waals surface area (Å²) in [6.07, 6.45) is 10.8. The third-order valence-electron chi connectivity index (χ3n) is 8.19. The molecule has 3 N–H and O–H groups in total. The van der Waals surface area contributed by atoms with Crippen molar-refractivity contribution in [2.75, 3.05) is 18.4 Å². The number of pyridine rings is 2. The summed E-state index contributed by atoms with van der Waals surface area (Å²) < 4.78 is 6.22. The predicted molar refractivity (Wildman–Crippen MR) is 140 cm³/mol. The molecule has 2 saturated heterocycles. The standard InChI is InChI=1S/C28H27N7O/c1-2-7-20-17(6-1)24-18(8-9-31-27(24)32-20)26-34-22-13-30-12-19(15-4-3-5-15)25(22)28(35-26)33-21-10-16-11-29-14-23(21)36-16/h1-2,6-9,12-13,15-16,21,23,29H,3-5,10-11,14H2,(H,31,32)(H,33,34,35). The molecule has 1 aromatic carbocycles. The van der Waals surface area contributed by atoms with Gasteiger partial charge in [0.15, 0.2) is 5.82 Å². The molecule has 180 valence electrons. The summed E-state index contributed by atoms with van der Waals surface area (Å²) in [7, 11) is 0. The summed E-state index contributed by atoms with van der Waals surface area (Å²) >= 11 is 0. The van der Waals surface area contributed by atoms with Gasteiger partial charge in [0.05, 0.1) is 30.0 Å². The van der Waals surface area contributed by atoms with Crippen LogP contribution in [0.15, 0.2) is 48.9 Å². The minimum absolute atomic E-state index is 0.146. The number of nitrogens with one attached hydrogen (secondary N) is 3. The van der Waals surface area contributed by atoms with E-state index in [1.165, 1.54) is 24.8 Å². The van der Waals surface area contributed by atoms with E-state index in [9.17, 15) is 0 Å². The normalized spacial score (nSPS) is 23.9. The number of hydrogen-bond acceptors (Lipinski definition) is 7. The van der Waals surface area contributed by atoms with Crippen molar-refractivity contribution in [1.29, 1.82) is 0 Å². The number of para-hydroxylation sites is 1. The number of aromatic amines is 1. The fraction of sp³-hybridized carbons (Fsp3) is 0.357. The average Bonchev–Trinajstić information content (AvgIpc) is 3.38. The van der Waals surface area contributed by atoms with Gasteiger partial charge >= 0.3 is 0 Å². The van der Waals surface area contributed by atoms with E-state index in [2.05, 4.69) is 43.8 Å². The number of H-pyrrole nitrogens is 1. The van der Waals surface area contributed by atoms with Gasteiger partial charge in [-0.25, -0.2) is 15.0 Å². The van der Waals surface area contributed by atoms with Crippen molar-refractivity contribution in [2.24, 2.45) is 0 Å². The first-order valence-corrected chi connectivity index (χ1v) is 13.0. The van der Waals surface area contributed by atoms with Crippen molar-refractivity contribution < 1.29 is 4.74 Å². The lowest BCUT2D eigenvalue weighted by Crippen LogP contribution is -2.42. The Kier molecular flexibility index (Phi) is 4.54. The first kappa shape index (κ1) is 20.6. The van der Waals surface area contributed by atoms with E-state index in [1.54, 1.807) is 0 Å². The number of hydrogen-bond donors (Lipinski definition) is 3. The number of nitrogens with zero attached hydrogens (tertiary/aromatic N) is 4. The van der Waals surface area contributed by atoms with Crippen molar-refractivity contribution in [3.05, 3.63) is 54.5 Å². The summed E-state index contributed by atoms with van der Waals surface area (Å²) in [5.74, 6) is 2.11. The molecule has 3 aliphatic rings. The maximum Gasteiger partial charge on any atom is 0.163 e. The van der Waals surface area contributed by atoms with Gasteiger partial charge in [-0.2, -0.15) is 0 Å². The van der Waals surface area contributed by atoms with Gasteiger partial charge in [0, 0.05) is 52.7 Å². The van der Waals surface area contributed by atoms with Crippen LogP contribution >= 0.6 is 0 Å². The Morgan fingerprint density at radius 2 is 1.94 bits per heavy atom. The predicted octanol–water partition coefficient (Wildman–Crippen LogP) is 4.53. The van der Waals surface area contributed by atoms with Gasteiger partial charge < -0.3 is 20.4 Å². The molecule has 0 amide bonds. The van der Waals surface area contributed by atoms with E-state index < -0.39 is 0 Å². The Morgan fingerprint density at radius 1 is 1.00 bits per heavy atom. The van der Waals surface area contributed by atoms with Gasteiger partial charge in [0.25, 0.3) is 0 Å². The van der Waals surface area contributed by atoms with E-state index in [4.69, 9.17) is 14.7 Å². The second kappa shape index (κ2) is 7.94. The van der Waals surface area contributed by atoms with Crippen molar-refractivity contribution in [3.63, 3.8) is 0 Å². The van der Waals surface area contributed by atoms with Gasteiger partial charge in [-0.05, 0) is 42.9 Å². The van der Waals surface area contributed by atoms with Gasteiger partial charge in [0.1, 0.15) is 11.5 Å². The van der Waals surface area contributed by atoms with Crippen LogP contribution in [0.25, 0.3) is 44.2 Å². The molecule has 3 atom stereocenters. The van der Waals surface area contributed by atoms with E-state index in [-0.39, 0.29) is 18.2 Å². The Bertz CT molecular complexity index is 1630. The third kappa shape index (κ3) is 3.14. The van der Waals surface area contributed by atoms with Crippen LogP contribution in [0.4, 0.5) is 5.82 Å². The van der Waals surface area contributed by atoms with Gasteiger partial charge in [-0.1, -0.05) is 24.6 Å². The summed E-state index contributed by atoms with van der Waals surface area (Å²) in [6.45, 7) is 1.78. The van der Waals surface area contributed by atoms with Crippen LogP contribution in [0.1, 0.15) is 37.2 Å². The zero-order valence-corrected chi connectivity index (χ0v) is 19.9. The summed E-state index contributed by atoms with van der Waals surface area (Å²) in [6, 6.07) is 10.5. The molecule has 6 heterocycles. The number of aromatic nitrogens is 5. The van der Waals surface area contributed by atoms with Crippen molar-refractivity contribution >= 4 is 38.7 Å². The highest BCUT2D eigenvalue weighted by molar-refractivity contribution is 6.12. The fourth-order valence-corrected chi connectivity index (χ4v) is 6.18. The summed E-state index contributed by atoms with van der Waals surface area (Å²) in [5, 5.41) is 10.6. The highest BCUT2D eigenvalue weighted by atomic mass is 16.5. The van der Waals surface area contributed by atoms with E-state index >= 15 is 0 Å².